The fraction of sp³-hybridized carbons (Fsp3) is 0.800. The van der Waals surface area contributed by atoms with Crippen LogP contribution in [0.2, 0.25) is 0 Å². The minimum absolute atomic E-state index is 0. The second-order valence-electron chi connectivity index (χ2n) is 4.27. The van der Waals surface area contributed by atoms with Gasteiger partial charge in [0.25, 0.3) is 0 Å². The van der Waals surface area contributed by atoms with Crippen molar-refractivity contribution in [1.29, 1.82) is 0 Å². The fourth-order valence-corrected chi connectivity index (χ4v) is 1.94. The molecule has 2 heterocycles. The summed E-state index contributed by atoms with van der Waals surface area (Å²) >= 11 is 0. The molecule has 1 saturated heterocycles. The number of likely N-dealkylation sites (tertiary alicyclic amines) is 1. The Morgan fingerprint density at radius 3 is 2.50 bits per heavy atom. The summed E-state index contributed by atoms with van der Waals surface area (Å²) in [6.45, 7) is 2.41. The van der Waals surface area contributed by atoms with Crippen LogP contribution < -0.4 is 5.73 Å². The van der Waals surface area contributed by atoms with E-state index in [1.54, 1.807) is 7.05 Å². The standard InChI is InChI=1S/C10H19N7.HI/c1-16-14-9(13-15-16)8-12-10(11)17-6-4-2-3-5-7-17;/h2-8H2,1H3,(H2,11,12);1H. The average Bonchev–Trinajstić information content (AvgIpc) is 2.58. The minimum Gasteiger partial charge on any atom is -0.370 e. The summed E-state index contributed by atoms with van der Waals surface area (Å²) in [5, 5.41) is 11.7. The topological polar surface area (TPSA) is 85.2 Å². The van der Waals surface area contributed by atoms with E-state index in [-0.39, 0.29) is 24.0 Å². The number of aromatic nitrogens is 4. The predicted octanol–water partition coefficient (Wildman–Crippen LogP) is 0.519. The second-order valence-corrected chi connectivity index (χ2v) is 4.27. The van der Waals surface area contributed by atoms with Gasteiger partial charge in [0.1, 0.15) is 6.54 Å². The molecule has 1 aromatic heterocycles. The zero-order valence-corrected chi connectivity index (χ0v) is 12.9. The molecule has 0 saturated carbocycles. The van der Waals surface area contributed by atoms with E-state index in [2.05, 4.69) is 25.3 Å². The van der Waals surface area contributed by atoms with E-state index in [1.165, 1.54) is 30.5 Å². The first-order valence-electron chi connectivity index (χ1n) is 6.03. The lowest BCUT2D eigenvalue weighted by Gasteiger charge is -2.20. The number of nitrogens with zero attached hydrogens (tertiary/aromatic N) is 6. The Hall–Kier alpha value is -0.930. The molecule has 7 nitrogen and oxygen atoms in total. The summed E-state index contributed by atoms with van der Waals surface area (Å²) in [4.78, 5) is 7.88. The van der Waals surface area contributed by atoms with E-state index in [4.69, 9.17) is 5.73 Å². The molecule has 1 aromatic rings. The molecule has 0 bridgehead atoms. The van der Waals surface area contributed by atoms with Crippen molar-refractivity contribution in [1.82, 2.24) is 25.1 Å². The van der Waals surface area contributed by atoms with Gasteiger partial charge in [0, 0.05) is 13.1 Å². The van der Waals surface area contributed by atoms with E-state index >= 15 is 0 Å². The SMILES string of the molecule is Cn1nnc(CN=C(N)N2CCCCCC2)n1.I. The average molecular weight is 365 g/mol. The van der Waals surface area contributed by atoms with Crippen molar-refractivity contribution in [2.75, 3.05) is 13.1 Å². The Balaban J connectivity index is 0.00000162. The zero-order chi connectivity index (χ0) is 12.1. The summed E-state index contributed by atoms with van der Waals surface area (Å²) in [7, 11) is 1.73. The van der Waals surface area contributed by atoms with E-state index in [0.29, 0.717) is 18.3 Å². The number of hydrogen-bond donors (Lipinski definition) is 1. The number of rotatable bonds is 2. The van der Waals surface area contributed by atoms with Gasteiger partial charge in [-0.1, -0.05) is 12.8 Å². The minimum atomic E-state index is 0. The molecule has 1 aliphatic rings. The van der Waals surface area contributed by atoms with Crippen molar-refractivity contribution < 1.29 is 0 Å². The molecule has 102 valence electrons. The maximum Gasteiger partial charge on any atom is 0.196 e. The summed E-state index contributed by atoms with van der Waals surface area (Å²) in [6.07, 6.45) is 4.96. The summed E-state index contributed by atoms with van der Waals surface area (Å²) in [5.41, 5.74) is 5.97. The van der Waals surface area contributed by atoms with E-state index < -0.39 is 0 Å². The number of nitrogens with two attached hydrogens (primary N) is 1. The summed E-state index contributed by atoms with van der Waals surface area (Å²) in [5.74, 6) is 1.20. The van der Waals surface area contributed by atoms with Gasteiger partial charge < -0.3 is 10.6 Å². The lowest BCUT2D eigenvalue weighted by atomic mass is 10.2. The molecule has 0 unspecified atom stereocenters. The van der Waals surface area contributed by atoms with Crippen LogP contribution in [0.3, 0.4) is 0 Å². The van der Waals surface area contributed by atoms with E-state index in [0.717, 1.165) is 13.1 Å². The van der Waals surface area contributed by atoms with Crippen LogP contribution in [0.15, 0.2) is 4.99 Å². The highest BCUT2D eigenvalue weighted by Gasteiger charge is 2.11. The maximum absolute atomic E-state index is 5.97. The largest absolute Gasteiger partial charge is 0.370 e. The first-order valence-corrected chi connectivity index (χ1v) is 6.03. The van der Waals surface area contributed by atoms with Crippen molar-refractivity contribution in [2.45, 2.75) is 32.2 Å². The highest BCUT2D eigenvalue weighted by Crippen LogP contribution is 2.09. The molecule has 1 aliphatic heterocycles. The van der Waals surface area contributed by atoms with E-state index in [1.807, 2.05) is 0 Å². The molecular formula is C10H20IN7. The van der Waals surface area contributed by atoms with Crippen molar-refractivity contribution >= 4 is 29.9 Å². The van der Waals surface area contributed by atoms with Gasteiger partial charge in [0.15, 0.2) is 11.8 Å². The Morgan fingerprint density at radius 1 is 1.28 bits per heavy atom. The first kappa shape index (κ1) is 15.1. The molecule has 1 fully saturated rings. The number of aryl methyl sites for hydroxylation is 1. The predicted molar refractivity (Wildman–Crippen MR) is 79.6 cm³/mol. The smallest absolute Gasteiger partial charge is 0.196 e. The lowest BCUT2D eigenvalue weighted by molar-refractivity contribution is 0.428. The number of hydrogen-bond acceptors (Lipinski definition) is 4. The summed E-state index contributed by atoms with van der Waals surface area (Å²) < 4.78 is 0. The van der Waals surface area contributed by atoms with Crippen LogP contribution in [0.4, 0.5) is 0 Å². The Bertz CT molecular complexity index is 381. The monoisotopic (exact) mass is 365 g/mol. The molecule has 0 aromatic carbocycles. The molecule has 0 atom stereocenters. The third kappa shape index (κ3) is 4.39. The Morgan fingerprint density at radius 2 is 1.94 bits per heavy atom. The number of aliphatic imine (C=N–C) groups is 1. The summed E-state index contributed by atoms with van der Waals surface area (Å²) in [6, 6.07) is 0. The molecule has 0 aliphatic carbocycles. The van der Waals surface area contributed by atoms with Crippen LogP contribution >= 0.6 is 24.0 Å². The molecule has 0 spiro atoms. The highest BCUT2D eigenvalue weighted by atomic mass is 127. The van der Waals surface area contributed by atoms with Gasteiger partial charge in [-0.3, -0.25) is 0 Å². The van der Waals surface area contributed by atoms with Gasteiger partial charge in [-0.05, 0) is 18.1 Å². The Labute approximate surface area is 124 Å². The molecular weight excluding hydrogens is 345 g/mol. The van der Waals surface area contributed by atoms with Gasteiger partial charge in [0.05, 0.1) is 7.05 Å². The van der Waals surface area contributed by atoms with Crippen LogP contribution in [0.1, 0.15) is 31.5 Å². The molecule has 2 N–H and O–H groups in total. The zero-order valence-electron chi connectivity index (χ0n) is 10.6. The number of guanidine groups is 1. The van der Waals surface area contributed by atoms with Gasteiger partial charge in [-0.2, -0.15) is 4.80 Å². The van der Waals surface area contributed by atoms with Crippen LogP contribution in [-0.4, -0.2) is 44.2 Å². The Kier molecular flexibility index (Phi) is 6.30. The molecule has 0 amide bonds. The molecule has 0 radical (unpaired) electrons. The van der Waals surface area contributed by atoms with Crippen LogP contribution in [0, 0.1) is 0 Å². The van der Waals surface area contributed by atoms with Crippen molar-refractivity contribution in [3.05, 3.63) is 5.82 Å². The van der Waals surface area contributed by atoms with Crippen LogP contribution in [-0.2, 0) is 13.6 Å². The van der Waals surface area contributed by atoms with E-state index in [9.17, 15) is 0 Å². The lowest BCUT2D eigenvalue weighted by Crippen LogP contribution is -2.38. The quantitative estimate of drug-likeness (QED) is 0.469. The fourth-order valence-electron chi connectivity index (χ4n) is 1.94. The number of halogens is 1. The third-order valence-electron chi connectivity index (χ3n) is 2.86. The van der Waals surface area contributed by atoms with Crippen molar-refractivity contribution in [3.63, 3.8) is 0 Å². The highest BCUT2D eigenvalue weighted by molar-refractivity contribution is 14.0. The van der Waals surface area contributed by atoms with Gasteiger partial charge in [-0.25, -0.2) is 4.99 Å². The van der Waals surface area contributed by atoms with Crippen molar-refractivity contribution in [2.24, 2.45) is 17.8 Å². The van der Waals surface area contributed by atoms with Gasteiger partial charge >= 0.3 is 0 Å². The molecule has 2 rings (SSSR count). The van der Waals surface area contributed by atoms with Crippen LogP contribution in [0.5, 0.6) is 0 Å². The maximum atomic E-state index is 5.97. The van der Waals surface area contributed by atoms with Gasteiger partial charge in [0.2, 0.25) is 0 Å². The molecule has 18 heavy (non-hydrogen) atoms. The number of tetrazole rings is 1. The molecule has 8 heteroatoms. The first-order chi connectivity index (χ1) is 8.25. The normalized spacial score (nSPS) is 17.2. The van der Waals surface area contributed by atoms with Crippen molar-refractivity contribution in [3.8, 4) is 0 Å². The third-order valence-corrected chi connectivity index (χ3v) is 2.86. The van der Waals surface area contributed by atoms with Crippen LogP contribution in [0.25, 0.3) is 0 Å². The van der Waals surface area contributed by atoms with Gasteiger partial charge in [-0.15, -0.1) is 34.2 Å². The second kappa shape index (κ2) is 7.49.